The maximum absolute atomic E-state index is 13.2. The van der Waals surface area contributed by atoms with E-state index in [-0.39, 0.29) is 36.5 Å². The van der Waals surface area contributed by atoms with Gasteiger partial charge in [-0.3, -0.25) is 9.89 Å². The molecule has 1 aromatic heterocycles. The third-order valence-corrected chi connectivity index (χ3v) is 5.09. The molecule has 0 atom stereocenters. The predicted molar refractivity (Wildman–Crippen MR) is 110 cm³/mol. The van der Waals surface area contributed by atoms with E-state index in [1.54, 1.807) is 11.0 Å². The zero-order chi connectivity index (χ0) is 21.3. The Hall–Kier alpha value is -3.10. The Bertz CT molecular complexity index is 1080. The molecule has 8 heteroatoms. The largest absolute Gasteiger partial charge is 0.507 e. The summed E-state index contributed by atoms with van der Waals surface area (Å²) in [7, 11) is 0. The van der Waals surface area contributed by atoms with Gasteiger partial charge in [0.25, 0.3) is 5.91 Å². The SMILES string of the molecule is CC(C)OCc1[nH]nc2cc(O)c(C(=O)N3Cc4ccc(OCCO)cc4C3)cc12. The first-order valence-corrected chi connectivity index (χ1v) is 9.92. The van der Waals surface area contributed by atoms with Gasteiger partial charge in [0, 0.05) is 24.5 Å². The number of H-pyrrole nitrogens is 1. The minimum atomic E-state index is -0.250. The van der Waals surface area contributed by atoms with E-state index in [0.29, 0.717) is 31.0 Å². The molecule has 30 heavy (non-hydrogen) atoms. The minimum absolute atomic E-state index is 0.0539. The summed E-state index contributed by atoms with van der Waals surface area (Å²) in [6.07, 6.45) is 0.0657. The van der Waals surface area contributed by atoms with Crippen LogP contribution < -0.4 is 4.74 Å². The van der Waals surface area contributed by atoms with Gasteiger partial charge in [0.05, 0.1) is 36.1 Å². The van der Waals surface area contributed by atoms with Gasteiger partial charge in [-0.15, -0.1) is 0 Å². The van der Waals surface area contributed by atoms with Crippen molar-refractivity contribution in [3.05, 3.63) is 52.7 Å². The predicted octanol–water partition coefficient (Wildman–Crippen LogP) is 2.72. The molecule has 158 valence electrons. The summed E-state index contributed by atoms with van der Waals surface area (Å²) in [5.74, 6) is 0.313. The van der Waals surface area contributed by atoms with E-state index in [0.717, 1.165) is 22.2 Å². The van der Waals surface area contributed by atoms with Gasteiger partial charge in [-0.2, -0.15) is 5.10 Å². The highest BCUT2D eigenvalue weighted by Gasteiger charge is 2.27. The lowest BCUT2D eigenvalue weighted by Gasteiger charge is -2.16. The quantitative estimate of drug-likeness (QED) is 0.552. The standard InChI is InChI=1S/C22H25N3O5/c1-13(2)30-12-20-17-8-18(21(27)9-19(17)23-24-20)22(28)25-10-14-3-4-16(29-6-5-26)7-15(14)11-25/h3-4,7-9,13,26-27H,5-6,10-12H2,1-2H3,(H,23,24). The molecule has 0 aliphatic carbocycles. The van der Waals surface area contributed by atoms with Crippen LogP contribution in [0.25, 0.3) is 10.9 Å². The summed E-state index contributed by atoms with van der Waals surface area (Å²) >= 11 is 0. The molecule has 3 N–H and O–H groups in total. The molecule has 0 spiro atoms. The van der Waals surface area contributed by atoms with Crippen molar-refractivity contribution in [2.24, 2.45) is 0 Å². The highest BCUT2D eigenvalue weighted by atomic mass is 16.5. The Morgan fingerprint density at radius 2 is 2.03 bits per heavy atom. The number of nitrogens with one attached hydrogen (secondary N) is 1. The number of nitrogens with zero attached hydrogens (tertiary/aromatic N) is 2. The summed E-state index contributed by atoms with van der Waals surface area (Å²) < 4.78 is 11.1. The monoisotopic (exact) mass is 411 g/mol. The molecule has 0 radical (unpaired) electrons. The fourth-order valence-electron chi connectivity index (χ4n) is 3.57. The second-order valence-corrected chi connectivity index (χ2v) is 7.61. The summed E-state index contributed by atoms with van der Waals surface area (Å²) in [6, 6.07) is 8.82. The zero-order valence-corrected chi connectivity index (χ0v) is 17.0. The number of aromatic amines is 1. The molecule has 4 rings (SSSR count). The topological polar surface area (TPSA) is 108 Å². The first kappa shape index (κ1) is 20.2. The third-order valence-electron chi connectivity index (χ3n) is 5.09. The van der Waals surface area contributed by atoms with E-state index >= 15 is 0 Å². The van der Waals surface area contributed by atoms with Crippen LogP contribution in [-0.2, 0) is 24.4 Å². The van der Waals surface area contributed by atoms with Crippen molar-refractivity contribution in [1.82, 2.24) is 15.1 Å². The van der Waals surface area contributed by atoms with Gasteiger partial charge in [-0.1, -0.05) is 6.07 Å². The number of aromatic nitrogens is 2. The molecule has 1 amide bonds. The maximum atomic E-state index is 13.2. The van der Waals surface area contributed by atoms with Crippen LogP contribution >= 0.6 is 0 Å². The Balaban J connectivity index is 1.56. The van der Waals surface area contributed by atoms with Crippen LogP contribution in [0.4, 0.5) is 0 Å². The lowest BCUT2D eigenvalue weighted by Crippen LogP contribution is -2.25. The average Bonchev–Trinajstić information content (AvgIpc) is 3.32. The van der Waals surface area contributed by atoms with Crippen LogP contribution in [0.1, 0.15) is 41.0 Å². The van der Waals surface area contributed by atoms with Crippen molar-refractivity contribution >= 4 is 16.8 Å². The number of rotatable bonds is 7. The summed E-state index contributed by atoms with van der Waals surface area (Å²) in [5.41, 5.74) is 3.62. The van der Waals surface area contributed by atoms with Gasteiger partial charge in [-0.05, 0) is 43.2 Å². The average molecular weight is 411 g/mol. The lowest BCUT2D eigenvalue weighted by atomic mass is 10.1. The number of hydrogen-bond donors (Lipinski definition) is 3. The van der Waals surface area contributed by atoms with Crippen LogP contribution in [0.15, 0.2) is 30.3 Å². The molecule has 0 bridgehead atoms. The smallest absolute Gasteiger partial charge is 0.258 e. The molecule has 1 aliphatic rings. The fraction of sp³-hybridized carbons (Fsp3) is 0.364. The summed E-state index contributed by atoms with van der Waals surface area (Å²) in [4.78, 5) is 14.9. The molecule has 3 aromatic rings. The summed E-state index contributed by atoms with van der Waals surface area (Å²) in [5, 5.41) is 27.2. The highest BCUT2D eigenvalue weighted by Crippen LogP contribution is 2.32. The molecular formula is C22H25N3O5. The van der Waals surface area contributed by atoms with E-state index in [4.69, 9.17) is 14.6 Å². The highest BCUT2D eigenvalue weighted by molar-refractivity contribution is 6.01. The number of phenols is 1. The van der Waals surface area contributed by atoms with Gasteiger partial charge >= 0.3 is 0 Å². The number of carbonyl (C=O) groups excluding carboxylic acids is 1. The van der Waals surface area contributed by atoms with Crippen LogP contribution in [0.3, 0.4) is 0 Å². The molecule has 0 fully saturated rings. The fourth-order valence-corrected chi connectivity index (χ4v) is 3.57. The number of benzene rings is 2. The number of aliphatic hydroxyl groups excluding tert-OH is 1. The number of aromatic hydroxyl groups is 1. The number of hydrogen-bond acceptors (Lipinski definition) is 6. The van der Waals surface area contributed by atoms with E-state index in [1.165, 1.54) is 6.07 Å². The molecular weight excluding hydrogens is 386 g/mol. The van der Waals surface area contributed by atoms with E-state index in [1.807, 2.05) is 32.0 Å². The summed E-state index contributed by atoms with van der Waals surface area (Å²) in [6.45, 7) is 5.30. The second-order valence-electron chi connectivity index (χ2n) is 7.61. The van der Waals surface area contributed by atoms with Crippen LogP contribution in [0.5, 0.6) is 11.5 Å². The second kappa shape index (κ2) is 8.33. The van der Waals surface area contributed by atoms with Crippen molar-refractivity contribution in [2.45, 2.75) is 39.6 Å². The van der Waals surface area contributed by atoms with E-state index < -0.39 is 0 Å². The first-order chi connectivity index (χ1) is 14.5. The molecule has 1 aliphatic heterocycles. The molecule has 8 nitrogen and oxygen atoms in total. The lowest BCUT2D eigenvalue weighted by molar-refractivity contribution is 0.0642. The number of fused-ring (bicyclic) bond motifs is 2. The van der Waals surface area contributed by atoms with Gasteiger partial charge in [-0.25, -0.2) is 0 Å². The number of carbonyl (C=O) groups is 1. The number of aliphatic hydroxyl groups is 1. The van der Waals surface area contributed by atoms with Crippen LogP contribution in [0.2, 0.25) is 0 Å². The number of amides is 1. The normalized spacial score (nSPS) is 13.3. The Labute approximate surface area is 174 Å². The van der Waals surface area contributed by atoms with Gasteiger partial charge < -0.3 is 24.6 Å². The van der Waals surface area contributed by atoms with Crippen molar-refractivity contribution in [2.75, 3.05) is 13.2 Å². The molecule has 0 saturated carbocycles. The van der Waals surface area contributed by atoms with Crippen molar-refractivity contribution in [1.29, 1.82) is 0 Å². The van der Waals surface area contributed by atoms with E-state index in [2.05, 4.69) is 10.2 Å². The Morgan fingerprint density at radius 3 is 2.80 bits per heavy atom. The number of phenolic OH excluding ortho intramolecular Hbond substituents is 1. The van der Waals surface area contributed by atoms with Crippen molar-refractivity contribution < 1.29 is 24.5 Å². The van der Waals surface area contributed by atoms with Crippen molar-refractivity contribution in [3.8, 4) is 11.5 Å². The van der Waals surface area contributed by atoms with E-state index in [9.17, 15) is 9.90 Å². The Morgan fingerprint density at radius 1 is 1.23 bits per heavy atom. The minimum Gasteiger partial charge on any atom is -0.507 e. The zero-order valence-electron chi connectivity index (χ0n) is 17.0. The third kappa shape index (κ3) is 3.96. The number of ether oxygens (including phenoxy) is 2. The molecule has 0 saturated heterocycles. The van der Waals surface area contributed by atoms with Crippen LogP contribution in [-0.4, -0.2) is 50.5 Å². The van der Waals surface area contributed by atoms with Crippen LogP contribution in [0, 0.1) is 0 Å². The van der Waals surface area contributed by atoms with Gasteiger partial charge in [0.15, 0.2) is 0 Å². The van der Waals surface area contributed by atoms with Gasteiger partial charge in [0.2, 0.25) is 0 Å². The molecule has 2 heterocycles. The Kier molecular flexibility index (Phi) is 5.61. The first-order valence-electron chi connectivity index (χ1n) is 9.92. The maximum Gasteiger partial charge on any atom is 0.258 e. The van der Waals surface area contributed by atoms with Crippen molar-refractivity contribution in [3.63, 3.8) is 0 Å². The molecule has 0 unspecified atom stereocenters. The molecule has 2 aromatic carbocycles. The van der Waals surface area contributed by atoms with Gasteiger partial charge in [0.1, 0.15) is 18.1 Å².